The number of aryl methyl sites for hydroxylation is 1. The first kappa shape index (κ1) is 20.1. The van der Waals surface area contributed by atoms with Crippen LogP contribution in [-0.2, 0) is 15.9 Å². The molecule has 31 heavy (non-hydrogen) atoms. The monoisotopic (exact) mass is 420 g/mol. The lowest BCUT2D eigenvalue weighted by atomic mass is 10.0. The van der Waals surface area contributed by atoms with Gasteiger partial charge in [-0.15, -0.1) is 0 Å². The summed E-state index contributed by atoms with van der Waals surface area (Å²) in [6.45, 7) is 5.04. The summed E-state index contributed by atoms with van der Waals surface area (Å²) in [6, 6.07) is 16.2. The van der Waals surface area contributed by atoms with Crippen molar-refractivity contribution >= 4 is 0 Å². The van der Waals surface area contributed by atoms with Crippen LogP contribution in [0.25, 0.3) is 16.9 Å². The predicted molar refractivity (Wildman–Crippen MR) is 118 cm³/mol. The van der Waals surface area contributed by atoms with E-state index in [-0.39, 0.29) is 12.2 Å². The van der Waals surface area contributed by atoms with E-state index in [2.05, 4.69) is 25.3 Å². The minimum Gasteiger partial charge on any atom is -0.491 e. The van der Waals surface area contributed by atoms with Gasteiger partial charge in [0.25, 0.3) is 0 Å². The van der Waals surface area contributed by atoms with E-state index in [1.54, 1.807) is 0 Å². The average molecular weight is 421 g/mol. The van der Waals surface area contributed by atoms with Crippen molar-refractivity contribution in [2.75, 3.05) is 26.4 Å². The molecule has 0 amide bonds. The van der Waals surface area contributed by atoms with Crippen molar-refractivity contribution in [3.8, 4) is 28.4 Å². The third-order valence-electron chi connectivity index (χ3n) is 5.50. The summed E-state index contributed by atoms with van der Waals surface area (Å²) in [5.41, 5.74) is 4.40. The summed E-state index contributed by atoms with van der Waals surface area (Å²) in [6.07, 6.45) is 5.96. The number of epoxide rings is 2. The Morgan fingerprint density at radius 2 is 1.48 bits per heavy atom. The molecule has 0 aliphatic carbocycles. The summed E-state index contributed by atoms with van der Waals surface area (Å²) in [5.74, 6) is 1.71. The van der Waals surface area contributed by atoms with E-state index in [1.807, 2.05) is 41.1 Å². The average Bonchev–Trinajstić information content (AvgIpc) is 3.74. The highest BCUT2D eigenvalue weighted by Crippen LogP contribution is 2.28. The summed E-state index contributed by atoms with van der Waals surface area (Å²) >= 11 is 0. The quantitative estimate of drug-likeness (QED) is 0.429. The zero-order valence-electron chi connectivity index (χ0n) is 17.8. The third-order valence-corrected chi connectivity index (χ3v) is 5.50. The maximum atomic E-state index is 5.77. The van der Waals surface area contributed by atoms with E-state index in [1.165, 1.54) is 5.56 Å². The molecule has 0 spiro atoms. The first-order chi connectivity index (χ1) is 15.3. The lowest BCUT2D eigenvalue weighted by Crippen LogP contribution is -2.04. The number of rotatable bonds is 11. The largest absolute Gasteiger partial charge is 0.491 e. The highest BCUT2D eigenvalue weighted by atomic mass is 16.6. The van der Waals surface area contributed by atoms with Crippen LogP contribution >= 0.6 is 0 Å². The molecule has 2 unspecified atom stereocenters. The smallest absolute Gasteiger partial charge is 0.119 e. The van der Waals surface area contributed by atoms with Gasteiger partial charge in [-0.2, -0.15) is 5.10 Å². The Balaban J connectivity index is 1.33. The van der Waals surface area contributed by atoms with Crippen molar-refractivity contribution < 1.29 is 18.9 Å². The van der Waals surface area contributed by atoms with Crippen LogP contribution in [-0.4, -0.2) is 48.4 Å². The summed E-state index contributed by atoms with van der Waals surface area (Å²) in [7, 11) is 0. The molecule has 0 bridgehead atoms. The number of aromatic nitrogens is 2. The van der Waals surface area contributed by atoms with Gasteiger partial charge in [-0.05, 0) is 66.9 Å². The van der Waals surface area contributed by atoms with Gasteiger partial charge in [0.2, 0.25) is 0 Å². The van der Waals surface area contributed by atoms with Crippen LogP contribution in [0.4, 0.5) is 0 Å². The molecule has 2 aromatic carbocycles. The van der Waals surface area contributed by atoms with Gasteiger partial charge in [0.15, 0.2) is 0 Å². The zero-order valence-corrected chi connectivity index (χ0v) is 17.8. The third kappa shape index (κ3) is 5.27. The maximum absolute atomic E-state index is 5.77. The van der Waals surface area contributed by atoms with Crippen LogP contribution in [0.5, 0.6) is 11.5 Å². The Morgan fingerprint density at radius 3 is 2.03 bits per heavy atom. The predicted octanol–water partition coefficient (Wildman–Crippen LogP) is 4.44. The van der Waals surface area contributed by atoms with Crippen molar-refractivity contribution in [2.45, 2.75) is 38.4 Å². The van der Waals surface area contributed by atoms with E-state index in [4.69, 9.17) is 24.0 Å². The van der Waals surface area contributed by atoms with E-state index in [9.17, 15) is 0 Å². The van der Waals surface area contributed by atoms with Crippen LogP contribution in [0, 0.1) is 0 Å². The lowest BCUT2D eigenvalue weighted by molar-refractivity contribution is 0.263. The second kappa shape index (κ2) is 9.12. The minimum absolute atomic E-state index is 0.258. The summed E-state index contributed by atoms with van der Waals surface area (Å²) in [4.78, 5) is 0. The molecule has 2 aliphatic heterocycles. The van der Waals surface area contributed by atoms with Crippen molar-refractivity contribution in [1.29, 1.82) is 0 Å². The van der Waals surface area contributed by atoms with Gasteiger partial charge in [-0.1, -0.05) is 13.3 Å². The molecule has 1 aromatic heterocycles. The molecule has 2 atom stereocenters. The topological polar surface area (TPSA) is 61.3 Å². The van der Waals surface area contributed by atoms with Gasteiger partial charge >= 0.3 is 0 Å². The van der Waals surface area contributed by atoms with Gasteiger partial charge in [0.05, 0.1) is 24.6 Å². The van der Waals surface area contributed by atoms with Gasteiger partial charge in [0.1, 0.15) is 36.9 Å². The standard InChI is InChI=1S/C25H28N2O4/c1-2-3-4-19-13-27(20-7-11-22(12-8-20)29-15-24-17-31-24)26-25(19)18-5-9-21(10-6-18)28-14-23-16-30-23/h5-13,23-24H,2-4,14-17H2,1H3. The Bertz CT molecular complexity index is 989. The molecule has 6 heteroatoms. The van der Waals surface area contributed by atoms with Crippen LogP contribution in [0.2, 0.25) is 0 Å². The second-order valence-corrected chi connectivity index (χ2v) is 8.10. The molecule has 0 N–H and O–H groups in total. The number of unbranched alkanes of at least 4 members (excludes halogenated alkanes) is 1. The molecular formula is C25H28N2O4. The molecule has 2 fully saturated rings. The van der Waals surface area contributed by atoms with Crippen molar-refractivity contribution in [3.05, 3.63) is 60.3 Å². The molecule has 6 nitrogen and oxygen atoms in total. The lowest BCUT2D eigenvalue weighted by Gasteiger charge is -2.06. The Kier molecular flexibility index (Phi) is 5.91. The normalized spacial score (nSPS) is 19.3. The fraction of sp³-hybridized carbons (Fsp3) is 0.400. The van der Waals surface area contributed by atoms with Gasteiger partial charge in [-0.3, -0.25) is 0 Å². The Hall–Kier alpha value is -2.83. The SMILES string of the molecule is CCCCc1cn(-c2ccc(OCC3CO3)cc2)nc1-c1ccc(OCC2CO2)cc1. The number of hydrogen-bond donors (Lipinski definition) is 0. The Morgan fingerprint density at radius 1 is 0.903 bits per heavy atom. The van der Waals surface area contributed by atoms with Crippen LogP contribution < -0.4 is 9.47 Å². The second-order valence-electron chi connectivity index (χ2n) is 8.10. The Labute approximate surface area is 182 Å². The van der Waals surface area contributed by atoms with E-state index < -0.39 is 0 Å². The fourth-order valence-electron chi connectivity index (χ4n) is 3.45. The maximum Gasteiger partial charge on any atom is 0.119 e. The zero-order chi connectivity index (χ0) is 21.0. The van der Waals surface area contributed by atoms with Gasteiger partial charge in [-0.25, -0.2) is 4.68 Å². The van der Waals surface area contributed by atoms with Crippen LogP contribution in [0.1, 0.15) is 25.3 Å². The van der Waals surface area contributed by atoms with Gasteiger partial charge < -0.3 is 18.9 Å². The summed E-state index contributed by atoms with van der Waals surface area (Å²) in [5, 5.41) is 4.93. The molecule has 3 aromatic rings. The molecule has 0 radical (unpaired) electrons. The molecule has 0 saturated carbocycles. The molecule has 3 heterocycles. The number of ether oxygens (including phenoxy) is 4. The highest BCUT2D eigenvalue weighted by Gasteiger charge is 2.23. The molecular weight excluding hydrogens is 392 g/mol. The van der Waals surface area contributed by atoms with Crippen molar-refractivity contribution in [1.82, 2.24) is 9.78 Å². The molecule has 2 saturated heterocycles. The number of benzene rings is 2. The van der Waals surface area contributed by atoms with E-state index >= 15 is 0 Å². The summed E-state index contributed by atoms with van der Waals surface area (Å²) < 4.78 is 23.9. The molecule has 5 rings (SSSR count). The minimum atomic E-state index is 0.258. The van der Waals surface area contributed by atoms with E-state index in [0.29, 0.717) is 13.2 Å². The number of hydrogen-bond acceptors (Lipinski definition) is 5. The molecule has 162 valence electrons. The highest BCUT2D eigenvalue weighted by molar-refractivity contribution is 5.64. The van der Waals surface area contributed by atoms with Crippen LogP contribution in [0.3, 0.4) is 0 Å². The van der Waals surface area contributed by atoms with Crippen molar-refractivity contribution in [3.63, 3.8) is 0 Å². The van der Waals surface area contributed by atoms with E-state index in [0.717, 1.165) is 60.9 Å². The first-order valence-corrected chi connectivity index (χ1v) is 11.1. The van der Waals surface area contributed by atoms with Crippen LogP contribution in [0.15, 0.2) is 54.7 Å². The van der Waals surface area contributed by atoms with Crippen molar-refractivity contribution in [2.24, 2.45) is 0 Å². The first-order valence-electron chi connectivity index (χ1n) is 11.1. The number of nitrogens with zero attached hydrogens (tertiary/aromatic N) is 2. The van der Waals surface area contributed by atoms with Gasteiger partial charge in [0, 0.05) is 11.8 Å². The fourth-order valence-corrected chi connectivity index (χ4v) is 3.45. The molecule has 2 aliphatic rings.